The Balaban J connectivity index is 1.48. The van der Waals surface area contributed by atoms with Gasteiger partial charge in [0.1, 0.15) is 23.9 Å². The summed E-state index contributed by atoms with van der Waals surface area (Å²) in [7, 11) is 0. The number of furan rings is 1. The molecule has 4 aromatic rings. The highest BCUT2D eigenvalue weighted by Gasteiger charge is 2.35. The first-order valence-electron chi connectivity index (χ1n) is 9.93. The van der Waals surface area contributed by atoms with E-state index in [-0.39, 0.29) is 24.1 Å². The number of hydrogen-bond donors (Lipinski definition) is 0. The molecule has 1 amide bonds. The van der Waals surface area contributed by atoms with Crippen LogP contribution in [0.1, 0.15) is 29.3 Å². The molecule has 0 aliphatic carbocycles. The third kappa shape index (κ3) is 3.52. The minimum absolute atomic E-state index is 0.265. The molecule has 0 bridgehead atoms. The first kappa shape index (κ1) is 18.9. The van der Waals surface area contributed by atoms with Crippen molar-refractivity contribution in [2.75, 3.05) is 0 Å². The summed E-state index contributed by atoms with van der Waals surface area (Å²) in [6, 6.07) is 18.1. The van der Waals surface area contributed by atoms with Crippen molar-refractivity contribution in [2.24, 2.45) is 5.10 Å². The van der Waals surface area contributed by atoms with E-state index in [1.807, 2.05) is 37.3 Å². The molecule has 8 heteroatoms. The second-order valence-corrected chi connectivity index (χ2v) is 7.46. The van der Waals surface area contributed by atoms with E-state index in [1.54, 1.807) is 36.6 Å². The Labute approximate surface area is 177 Å². The van der Waals surface area contributed by atoms with Gasteiger partial charge in [0.2, 0.25) is 0 Å². The topological polar surface area (TPSA) is 93.6 Å². The van der Waals surface area contributed by atoms with Gasteiger partial charge < -0.3 is 4.42 Å². The van der Waals surface area contributed by atoms with E-state index in [2.05, 4.69) is 15.4 Å². The average Bonchev–Trinajstić information content (AvgIpc) is 3.46. The van der Waals surface area contributed by atoms with Crippen LogP contribution in [-0.2, 0) is 11.3 Å². The molecule has 31 heavy (non-hydrogen) atoms. The van der Waals surface area contributed by atoms with Crippen LogP contribution in [0, 0.1) is 6.92 Å². The molecule has 0 N–H and O–H groups in total. The zero-order valence-electron chi connectivity index (χ0n) is 16.8. The Morgan fingerprint density at radius 1 is 1.10 bits per heavy atom. The van der Waals surface area contributed by atoms with Crippen LogP contribution >= 0.6 is 0 Å². The molecule has 2 aromatic carbocycles. The number of carbonyl (C=O) groups excluding carboxylic acids is 1. The molecule has 5 rings (SSSR count). The Bertz CT molecular complexity index is 1340. The normalized spacial score (nSPS) is 16.0. The first-order chi connectivity index (χ1) is 15.1. The number of benzene rings is 2. The standard InChI is InChI=1S/C23H19N5O3/c1-15-8-10-16(11-9-15)19-13-20(21-7-4-12-31-21)28(25-19)22(29)14-27-23(30)17-5-2-3-6-18(17)24-26-27/h2-12,20H,13-14H2,1H3. The number of hydrazone groups is 1. The fourth-order valence-electron chi connectivity index (χ4n) is 3.69. The maximum atomic E-state index is 13.2. The van der Waals surface area contributed by atoms with Crippen molar-refractivity contribution in [3.63, 3.8) is 0 Å². The summed E-state index contributed by atoms with van der Waals surface area (Å²) in [6.07, 6.45) is 2.09. The van der Waals surface area contributed by atoms with Crippen molar-refractivity contribution < 1.29 is 9.21 Å². The van der Waals surface area contributed by atoms with Crippen LogP contribution in [0.5, 0.6) is 0 Å². The SMILES string of the molecule is Cc1ccc(C2=NN(C(=O)Cn3nnc4ccccc4c3=O)C(c3ccco3)C2)cc1. The lowest BCUT2D eigenvalue weighted by Gasteiger charge is -2.19. The Kier molecular flexibility index (Phi) is 4.66. The number of nitrogens with zero attached hydrogens (tertiary/aromatic N) is 5. The predicted molar refractivity (Wildman–Crippen MR) is 114 cm³/mol. The molecule has 1 unspecified atom stereocenters. The van der Waals surface area contributed by atoms with Gasteiger partial charge in [-0.05, 0) is 36.8 Å². The molecule has 154 valence electrons. The molecular weight excluding hydrogens is 394 g/mol. The highest BCUT2D eigenvalue weighted by molar-refractivity contribution is 6.03. The monoisotopic (exact) mass is 413 g/mol. The Morgan fingerprint density at radius 3 is 2.68 bits per heavy atom. The molecule has 0 saturated heterocycles. The molecule has 1 aliphatic rings. The van der Waals surface area contributed by atoms with Crippen LogP contribution < -0.4 is 5.56 Å². The minimum atomic E-state index is -0.386. The molecule has 0 spiro atoms. The summed E-state index contributed by atoms with van der Waals surface area (Å²) in [6.45, 7) is 1.75. The van der Waals surface area contributed by atoms with Crippen LogP contribution in [0.4, 0.5) is 0 Å². The van der Waals surface area contributed by atoms with Gasteiger partial charge in [0.15, 0.2) is 0 Å². The van der Waals surface area contributed by atoms with E-state index in [0.29, 0.717) is 23.1 Å². The number of fused-ring (bicyclic) bond motifs is 1. The van der Waals surface area contributed by atoms with Crippen LogP contribution in [0.2, 0.25) is 0 Å². The number of aromatic nitrogens is 3. The molecule has 1 aliphatic heterocycles. The lowest BCUT2D eigenvalue weighted by atomic mass is 10.0. The number of aryl methyl sites for hydroxylation is 1. The summed E-state index contributed by atoms with van der Waals surface area (Å²) >= 11 is 0. The van der Waals surface area contributed by atoms with Gasteiger partial charge >= 0.3 is 0 Å². The molecule has 2 aromatic heterocycles. The summed E-state index contributed by atoms with van der Waals surface area (Å²) in [5.74, 6) is 0.270. The number of hydrogen-bond acceptors (Lipinski definition) is 6. The molecule has 0 fully saturated rings. The van der Waals surface area contributed by atoms with Gasteiger partial charge in [-0.25, -0.2) is 9.69 Å². The maximum Gasteiger partial charge on any atom is 0.278 e. The van der Waals surface area contributed by atoms with Crippen LogP contribution in [0.3, 0.4) is 0 Å². The van der Waals surface area contributed by atoms with E-state index in [1.165, 1.54) is 5.01 Å². The molecule has 0 radical (unpaired) electrons. The van der Waals surface area contributed by atoms with Crippen molar-refractivity contribution in [3.8, 4) is 0 Å². The largest absolute Gasteiger partial charge is 0.467 e. The fourth-order valence-corrected chi connectivity index (χ4v) is 3.69. The third-order valence-corrected chi connectivity index (χ3v) is 5.34. The van der Waals surface area contributed by atoms with Crippen LogP contribution in [0.25, 0.3) is 10.9 Å². The molecule has 1 atom stereocenters. The predicted octanol–water partition coefficient (Wildman–Crippen LogP) is 3.07. The Hall–Kier alpha value is -4.07. The molecule has 8 nitrogen and oxygen atoms in total. The summed E-state index contributed by atoms with van der Waals surface area (Å²) in [5.41, 5.74) is 3.00. The summed E-state index contributed by atoms with van der Waals surface area (Å²) in [4.78, 5) is 25.9. The van der Waals surface area contributed by atoms with Gasteiger partial charge in [-0.1, -0.05) is 47.2 Å². The van der Waals surface area contributed by atoms with Crippen molar-refractivity contribution in [1.82, 2.24) is 20.0 Å². The van der Waals surface area contributed by atoms with E-state index < -0.39 is 0 Å². The van der Waals surface area contributed by atoms with Gasteiger partial charge in [-0.3, -0.25) is 9.59 Å². The smallest absolute Gasteiger partial charge is 0.278 e. The quantitative estimate of drug-likeness (QED) is 0.513. The van der Waals surface area contributed by atoms with E-state index in [4.69, 9.17) is 4.42 Å². The van der Waals surface area contributed by atoms with Crippen molar-refractivity contribution >= 4 is 22.5 Å². The highest BCUT2D eigenvalue weighted by Crippen LogP contribution is 2.33. The third-order valence-electron chi connectivity index (χ3n) is 5.34. The zero-order chi connectivity index (χ0) is 21.4. The van der Waals surface area contributed by atoms with Gasteiger partial charge in [0, 0.05) is 6.42 Å². The van der Waals surface area contributed by atoms with Gasteiger partial charge in [-0.15, -0.1) is 5.10 Å². The zero-order valence-corrected chi connectivity index (χ0v) is 16.8. The van der Waals surface area contributed by atoms with E-state index in [9.17, 15) is 9.59 Å². The molecule has 0 saturated carbocycles. The fraction of sp³-hybridized carbons (Fsp3) is 0.174. The maximum absolute atomic E-state index is 13.2. The average molecular weight is 413 g/mol. The lowest BCUT2D eigenvalue weighted by molar-refractivity contribution is -0.134. The van der Waals surface area contributed by atoms with Crippen molar-refractivity contribution in [2.45, 2.75) is 25.9 Å². The van der Waals surface area contributed by atoms with E-state index in [0.717, 1.165) is 21.5 Å². The van der Waals surface area contributed by atoms with Crippen LogP contribution in [-0.4, -0.2) is 31.6 Å². The molecular formula is C23H19N5O3. The van der Waals surface area contributed by atoms with Gasteiger partial charge in [0.05, 0.1) is 17.4 Å². The second kappa shape index (κ2) is 7.64. The first-order valence-corrected chi connectivity index (χ1v) is 9.93. The van der Waals surface area contributed by atoms with Crippen molar-refractivity contribution in [3.05, 3.63) is 94.2 Å². The van der Waals surface area contributed by atoms with Crippen LogP contribution in [0.15, 0.2) is 81.2 Å². The minimum Gasteiger partial charge on any atom is -0.467 e. The summed E-state index contributed by atoms with van der Waals surface area (Å²) < 4.78 is 6.64. The summed E-state index contributed by atoms with van der Waals surface area (Å²) in [5, 5.41) is 14.4. The van der Waals surface area contributed by atoms with Gasteiger partial charge in [-0.2, -0.15) is 5.10 Å². The highest BCUT2D eigenvalue weighted by atomic mass is 16.3. The number of amides is 1. The van der Waals surface area contributed by atoms with Crippen molar-refractivity contribution in [1.29, 1.82) is 0 Å². The molecule has 3 heterocycles. The Morgan fingerprint density at radius 2 is 1.90 bits per heavy atom. The number of carbonyl (C=O) groups is 1. The van der Waals surface area contributed by atoms with Gasteiger partial charge in [0.25, 0.3) is 11.5 Å². The lowest BCUT2D eigenvalue weighted by Crippen LogP contribution is -2.35. The van der Waals surface area contributed by atoms with E-state index >= 15 is 0 Å². The number of rotatable bonds is 4. The second-order valence-electron chi connectivity index (χ2n) is 7.46.